The largest absolute Gasteiger partial charge is 0.393 e. The van der Waals surface area contributed by atoms with Crippen molar-refractivity contribution in [1.82, 2.24) is 0 Å². The molecule has 3 heteroatoms. The van der Waals surface area contributed by atoms with Gasteiger partial charge < -0.3 is 5.11 Å². The molecule has 0 aliphatic rings. The maximum atomic E-state index is 13.0. The van der Waals surface area contributed by atoms with E-state index in [-0.39, 0.29) is 6.42 Å². The fourth-order valence-corrected chi connectivity index (χ4v) is 1.09. The highest BCUT2D eigenvalue weighted by Gasteiger charge is 2.08. The highest BCUT2D eigenvalue weighted by Crippen LogP contribution is 2.12. The first-order valence-electron chi connectivity index (χ1n) is 4.25. The molecule has 0 aliphatic carbocycles. The van der Waals surface area contributed by atoms with Crippen LogP contribution in [0.1, 0.15) is 18.9 Å². The highest BCUT2D eigenvalue weighted by molar-refractivity contribution is 5.19. The SMILES string of the molecule is CC[C@@H](O)Cc1ccc(F)cc1F. The number of rotatable bonds is 3. The van der Waals surface area contributed by atoms with E-state index < -0.39 is 17.7 Å². The zero-order valence-corrected chi connectivity index (χ0v) is 7.43. The van der Waals surface area contributed by atoms with Gasteiger partial charge in [0.1, 0.15) is 11.6 Å². The number of halogens is 2. The van der Waals surface area contributed by atoms with Gasteiger partial charge in [0, 0.05) is 12.5 Å². The number of hydrogen-bond acceptors (Lipinski definition) is 1. The molecule has 0 unspecified atom stereocenters. The summed E-state index contributed by atoms with van der Waals surface area (Å²) in [5.74, 6) is -1.18. The quantitative estimate of drug-likeness (QED) is 0.767. The molecule has 1 nitrogen and oxygen atoms in total. The molecule has 0 fully saturated rings. The lowest BCUT2D eigenvalue weighted by molar-refractivity contribution is 0.169. The zero-order chi connectivity index (χ0) is 9.84. The predicted molar refractivity (Wildman–Crippen MR) is 46.4 cm³/mol. The normalized spacial score (nSPS) is 12.9. The molecular formula is C10H12F2O. The van der Waals surface area contributed by atoms with E-state index in [1.807, 2.05) is 6.92 Å². The van der Waals surface area contributed by atoms with Gasteiger partial charge in [-0.25, -0.2) is 8.78 Å². The van der Waals surface area contributed by atoms with Crippen LogP contribution in [0, 0.1) is 11.6 Å². The van der Waals surface area contributed by atoms with E-state index in [9.17, 15) is 13.9 Å². The monoisotopic (exact) mass is 186 g/mol. The standard InChI is InChI=1S/C10H12F2O/c1-2-9(13)5-7-3-4-8(11)6-10(7)12/h3-4,6,9,13H,2,5H2,1H3/t9-/m1/s1. The predicted octanol–water partition coefficient (Wildman–Crippen LogP) is 2.28. The van der Waals surface area contributed by atoms with E-state index in [4.69, 9.17) is 0 Å². The van der Waals surface area contributed by atoms with Gasteiger partial charge in [0.15, 0.2) is 0 Å². The number of benzene rings is 1. The minimum absolute atomic E-state index is 0.239. The molecule has 72 valence electrons. The molecule has 0 aromatic heterocycles. The summed E-state index contributed by atoms with van der Waals surface area (Å²) in [5.41, 5.74) is 0.357. The molecule has 13 heavy (non-hydrogen) atoms. The van der Waals surface area contributed by atoms with Gasteiger partial charge in [-0.1, -0.05) is 13.0 Å². The molecule has 0 spiro atoms. The van der Waals surface area contributed by atoms with Crippen molar-refractivity contribution in [2.45, 2.75) is 25.9 Å². The van der Waals surface area contributed by atoms with Gasteiger partial charge in [-0.2, -0.15) is 0 Å². The van der Waals surface area contributed by atoms with Gasteiger partial charge in [0.2, 0.25) is 0 Å². The van der Waals surface area contributed by atoms with Gasteiger partial charge in [0.25, 0.3) is 0 Å². The summed E-state index contributed by atoms with van der Waals surface area (Å²) in [4.78, 5) is 0. The molecule has 0 radical (unpaired) electrons. The van der Waals surface area contributed by atoms with Crippen LogP contribution in [0.15, 0.2) is 18.2 Å². The molecule has 1 aromatic carbocycles. The van der Waals surface area contributed by atoms with Crippen LogP contribution in [0.5, 0.6) is 0 Å². The van der Waals surface area contributed by atoms with Crippen LogP contribution in [-0.4, -0.2) is 11.2 Å². The first-order valence-corrected chi connectivity index (χ1v) is 4.25. The second kappa shape index (κ2) is 4.33. The fourth-order valence-electron chi connectivity index (χ4n) is 1.09. The Balaban J connectivity index is 2.77. The molecule has 0 heterocycles. The molecule has 1 N–H and O–H groups in total. The van der Waals surface area contributed by atoms with Crippen LogP contribution in [0.25, 0.3) is 0 Å². The highest BCUT2D eigenvalue weighted by atomic mass is 19.1. The fraction of sp³-hybridized carbons (Fsp3) is 0.400. The molecule has 1 rings (SSSR count). The molecule has 0 saturated heterocycles. The second-order valence-corrected chi connectivity index (χ2v) is 3.00. The van der Waals surface area contributed by atoms with Crippen LogP contribution in [0.4, 0.5) is 8.78 Å². The lowest BCUT2D eigenvalue weighted by Gasteiger charge is -2.07. The third kappa shape index (κ3) is 2.77. The maximum absolute atomic E-state index is 13.0. The topological polar surface area (TPSA) is 20.2 Å². The first kappa shape index (κ1) is 10.1. The number of hydrogen-bond donors (Lipinski definition) is 1. The van der Waals surface area contributed by atoms with Crippen LogP contribution < -0.4 is 0 Å². The Labute approximate surface area is 76.0 Å². The van der Waals surface area contributed by atoms with Crippen molar-refractivity contribution in [3.8, 4) is 0 Å². The van der Waals surface area contributed by atoms with Crippen LogP contribution >= 0.6 is 0 Å². The summed E-state index contributed by atoms with van der Waals surface area (Å²) >= 11 is 0. The van der Waals surface area contributed by atoms with Gasteiger partial charge in [0.05, 0.1) is 6.10 Å². The summed E-state index contributed by atoms with van der Waals surface area (Å²) < 4.78 is 25.5. The smallest absolute Gasteiger partial charge is 0.129 e. The first-order chi connectivity index (χ1) is 6.13. The van der Waals surface area contributed by atoms with Crippen molar-refractivity contribution in [1.29, 1.82) is 0 Å². The lowest BCUT2D eigenvalue weighted by Crippen LogP contribution is -2.09. The Morgan fingerprint density at radius 1 is 1.38 bits per heavy atom. The van der Waals surface area contributed by atoms with Gasteiger partial charge >= 0.3 is 0 Å². The maximum Gasteiger partial charge on any atom is 0.129 e. The minimum Gasteiger partial charge on any atom is -0.393 e. The Bertz CT molecular complexity index is 286. The molecule has 1 aromatic rings. The van der Waals surface area contributed by atoms with Crippen molar-refractivity contribution >= 4 is 0 Å². The van der Waals surface area contributed by atoms with E-state index in [2.05, 4.69) is 0 Å². The van der Waals surface area contributed by atoms with Crippen molar-refractivity contribution in [2.75, 3.05) is 0 Å². The Hall–Kier alpha value is -0.960. The molecule has 0 aliphatic heterocycles. The van der Waals surface area contributed by atoms with Gasteiger partial charge in [-0.15, -0.1) is 0 Å². The van der Waals surface area contributed by atoms with E-state index in [0.717, 1.165) is 6.07 Å². The van der Waals surface area contributed by atoms with Gasteiger partial charge in [-0.05, 0) is 18.1 Å². The summed E-state index contributed by atoms with van der Waals surface area (Å²) in [6.07, 6.45) is 0.249. The molecular weight excluding hydrogens is 174 g/mol. The molecule has 0 saturated carbocycles. The van der Waals surface area contributed by atoms with Crippen molar-refractivity contribution in [3.05, 3.63) is 35.4 Å². The van der Waals surface area contributed by atoms with Crippen molar-refractivity contribution in [2.24, 2.45) is 0 Å². The summed E-state index contributed by atoms with van der Waals surface area (Å²) in [6, 6.07) is 3.39. The van der Waals surface area contributed by atoms with Crippen LogP contribution in [0.2, 0.25) is 0 Å². The molecule has 0 amide bonds. The Kier molecular flexibility index (Phi) is 3.37. The van der Waals surface area contributed by atoms with E-state index in [1.54, 1.807) is 0 Å². The minimum atomic E-state index is -0.591. The van der Waals surface area contributed by atoms with E-state index in [0.29, 0.717) is 12.0 Å². The van der Waals surface area contributed by atoms with Crippen molar-refractivity contribution < 1.29 is 13.9 Å². The van der Waals surface area contributed by atoms with E-state index in [1.165, 1.54) is 12.1 Å². The number of aliphatic hydroxyl groups excluding tert-OH is 1. The van der Waals surface area contributed by atoms with Crippen molar-refractivity contribution in [3.63, 3.8) is 0 Å². The zero-order valence-electron chi connectivity index (χ0n) is 7.43. The third-order valence-electron chi connectivity index (χ3n) is 1.94. The lowest BCUT2D eigenvalue weighted by atomic mass is 10.1. The number of aliphatic hydroxyl groups is 1. The molecule has 1 atom stereocenters. The average molecular weight is 186 g/mol. The summed E-state index contributed by atoms with van der Waals surface area (Å²) in [6.45, 7) is 1.81. The second-order valence-electron chi connectivity index (χ2n) is 3.00. The third-order valence-corrected chi connectivity index (χ3v) is 1.94. The average Bonchev–Trinajstić information content (AvgIpc) is 2.09. The van der Waals surface area contributed by atoms with Crippen LogP contribution in [0.3, 0.4) is 0 Å². The van der Waals surface area contributed by atoms with Gasteiger partial charge in [-0.3, -0.25) is 0 Å². The Morgan fingerprint density at radius 2 is 2.08 bits per heavy atom. The summed E-state index contributed by atoms with van der Waals surface area (Å²) in [7, 11) is 0. The molecule has 0 bridgehead atoms. The Morgan fingerprint density at radius 3 is 2.62 bits per heavy atom. The summed E-state index contributed by atoms with van der Waals surface area (Å²) in [5, 5.41) is 9.24. The van der Waals surface area contributed by atoms with E-state index >= 15 is 0 Å². The van der Waals surface area contributed by atoms with Crippen LogP contribution in [-0.2, 0) is 6.42 Å².